The van der Waals surface area contributed by atoms with E-state index in [9.17, 15) is 0 Å². The summed E-state index contributed by atoms with van der Waals surface area (Å²) in [5, 5.41) is 14.4. The summed E-state index contributed by atoms with van der Waals surface area (Å²) in [7, 11) is 0. The molecular weight excluding hydrogens is 260 g/mol. The van der Waals surface area contributed by atoms with Crippen molar-refractivity contribution < 1.29 is 5.11 Å². The van der Waals surface area contributed by atoms with Crippen LogP contribution < -0.4 is 5.32 Å². The van der Waals surface area contributed by atoms with Crippen molar-refractivity contribution in [1.29, 1.82) is 0 Å². The Morgan fingerprint density at radius 3 is 3.05 bits per heavy atom. The molecule has 1 atom stereocenters. The minimum Gasteiger partial charge on any atom is -0.396 e. The van der Waals surface area contributed by atoms with E-state index in [1.54, 1.807) is 0 Å². The Morgan fingerprint density at radius 1 is 1.42 bits per heavy atom. The Kier molecular flexibility index (Phi) is 5.25. The van der Waals surface area contributed by atoms with E-state index in [2.05, 4.69) is 23.3 Å². The lowest BCUT2D eigenvalue weighted by molar-refractivity contribution is 0.228. The maximum absolute atomic E-state index is 8.95. The number of nitrogens with one attached hydrogen (secondary N) is 2. The average molecular weight is 281 g/mol. The lowest BCUT2D eigenvalue weighted by atomic mass is 10.1. The molecule has 0 fully saturated rings. The molecule has 0 bridgehead atoms. The number of aliphatic hydroxyl groups excluding tert-OH is 1. The van der Waals surface area contributed by atoms with Gasteiger partial charge in [-0.1, -0.05) is 24.6 Å². The van der Waals surface area contributed by atoms with Crippen molar-refractivity contribution in [2.75, 3.05) is 13.2 Å². The average Bonchev–Trinajstić information content (AvgIpc) is 2.80. The number of rotatable bonds is 7. The minimum atomic E-state index is 0.281. The molecule has 19 heavy (non-hydrogen) atoms. The standard InChI is InChI=1S/C15H21ClN2O/c1-11(10-19)3-2-6-17-8-12-9-18-15-7-13(16)4-5-14(12)15/h4-5,7,9,11,17-19H,2-3,6,8,10H2,1H3. The van der Waals surface area contributed by atoms with Crippen molar-refractivity contribution in [3.05, 3.63) is 35.0 Å². The number of H-pyrrole nitrogens is 1. The van der Waals surface area contributed by atoms with E-state index in [0.29, 0.717) is 5.92 Å². The highest BCUT2D eigenvalue weighted by Gasteiger charge is 2.04. The number of halogens is 1. The third kappa shape index (κ3) is 3.96. The number of aromatic nitrogens is 1. The number of aliphatic hydroxyl groups is 1. The number of hydrogen-bond donors (Lipinski definition) is 3. The molecule has 0 aliphatic heterocycles. The van der Waals surface area contributed by atoms with Crippen LogP contribution in [0.5, 0.6) is 0 Å². The van der Waals surface area contributed by atoms with Gasteiger partial charge in [-0.3, -0.25) is 0 Å². The smallest absolute Gasteiger partial charge is 0.0472 e. The van der Waals surface area contributed by atoms with E-state index < -0.39 is 0 Å². The van der Waals surface area contributed by atoms with Gasteiger partial charge in [0.1, 0.15) is 0 Å². The highest BCUT2D eigenvalue weighted by atomic mass is 35.5. The summed E-state index contributed by atoms with van der Waals surface area (Å²) in [4.78, 5) is 3.24. The Hall–Kier alpha value is -1.03. The van der Waals surface area contributed by atoms with Gasteiger partial charge in [0.15, 0.2) is 0 Å². The highest BCUT2D eigenvalue weighted by Crippen LogP contribution is 2.21. The highest BCUT2D eigenvalue weighted by molar-refractivity contribution is 6.31. The lowest BCUT2D eigenvalue weighted by Gasteiger charge is -2.08. The quantitative estimate of drug-likeness (QED) is 0.682. The van der Waals surface area contributed by atoms with Crippen molar-refractivity contribution in [3.8, 4) is 0 Å². The maximum Gasteiger partial charge on any atom is 0.0472 e. The third-order valence-electron chi connectivity index (χ3n) is 3.41. The predicted octanol–water partition coefficient (Wildman–Crippen LogP) is 3.32. The van der Waals surface area contributed by atoms with Crippen LogP contribution in [-0.4, -0.2) is 23.2 Å². The molecule has 0 saturated carbocycles. The molecule has 1 unspecified atom stereocenters. The van der Waals surface area contributed by atoms with Crippen LogP contribution in [0, 0.1) is 5.92 Å². The van der Waals surface area contributed by atoms with Gasteiger partial charge in [0.25, 0.3) is 0 Å². The van der Waals surface area contributed by atoms with Crippen LogP contribution in [0.3, 0.4) is 0 Å². The monoisotopic (exact) mass is 280 g/mol. The van der Waals surface area contributed by atoms with Crippen LogP contribution in [0.25, 0.3) is 10.9 Å². The fraction of sp³-hybridized carbons (Fsp3) is 0.467. The molecule has 0 radical (unpaired) electrons. The van der Waals surface area contributed by atoms with Crippen LogP contribution in [-0.2, 0) is 6.54 Å². The zero-order valence-corrected chi connectivity index (χ0v) is 12.0. The second-order valence-electron chi connectivity index (χ2n) is 5.11. The van der Waals surface area contributed by atoms with Crippen LogP contribution in [0.2, 0.25) is 5.02 Å². The van der Waals surface area contributed by atoms with Gasteiger partial charge in [-0.2, -0.15) is 0 Å². The van der Waals surface area contributed by atoms with Crippen LogP contribution >= 0.6 is 11.6 Å². The van der Waals surface area contributed by atoms with E-state index in [4.69, 9.17) is 16.7 Å². The van der Waals surface area contributed by atoms with E-state index in [-0.39, 0.29) is 6.61 Å². The number of hydrogen-bond acceptors (Lipinski definition) is 2. The molecule has 0 amide bonds. The molecule has 0 saturated heterocycles. The molecule has 1 aromatic carbocycles. The zero-order chi connectivity index (χ0) is 13.7. The maximum atomic E-state index is 8.95. The second kappa shape index (κ2) is 6.94. The largest absolute Gasteiger partial charge is 0.396 e. The van der Waals surface area contributed by atoms with Crippen LogP contribution in [0.15, 0.2) is 24.4 Å². The molecule has 3 N–H and O–H groups in total. The first kappa shape index (κ1) is 14.4. The first-order valence-corrected chi connectivity index (χ1v) is 7.15. The first-order chi connectivity index (χ1) is 9.20. The normalized spacial score (nSPS) is 13.0. The van der Waals surface area contributed by atoms with Gasteiger partial charge >= 0.3 is 0 Å². The molecule has 0 aliphatic carbocycles. The van der Waals surface area contributed by atoms with Gasteiger partial charge in [-0.25, -0.2) is 0 Å². The van der Waals surface area contributed by atoms with Crippen molar-refractivity contribution in [2.24, 2.45) is 5.92 Å². The van der Waals surface area contributed by atoms with E-state index in [0.717, 1.165) is 36.5 Å². The molecule has 0 aliphatic rings. The van der Waals surface area contributed by atoms with Gasteiger partial charge in [-0.05, 0) is 43.0 Å². The Labute approximate surface area is 119 Å². The van der Waals surface area contributed by atoms with E-state index in [1.807, 2.05) is 18.3 Å². The molecular formula is C15H21ClN2O. The lowest BCUT2D eigenvalue weighted by Crippen LogP contribution is -2.15. The topological polar surface area (TPSA) is 48.0 Å². The number of aromatic amines is 1. The van der Waals surface area contributed by atoms with Crippen molar-refractivity contribution in [2.45, 2.75) is 26.3 Å². The van der Waals surface area contributed by atoms with E-state index >= 15 is 0 Å². The summed E-state index contributed by atoms with van der Waals surface area (Å²) in [6.45, 7) is 4.19. The van der Waals surface area contributed by atoms with E-state index in [1.165, 1.54) is 10.9 Å². The Balaban J connectivity index is 1.82. The van der Waals surface area contributed by atoms with Gasteiger partial charge in [0.2, 0.25) is 0 Å². The fourth-order valence-electron chi connectivity index (χ4n) is 2.19. The molecule has 2 rings (SSSR count). The van der Waals surface area contributed by atoms with Gasteiger partial charge in [0.05, 0.1) is 0 Å². The van der Waals surface area contributed by atoms with Gasteiger partial charge in [-0.15, -0.1) is 0 Å². The molecule has 104 valence electrons. The fourth-order valence-corrected chi connectivity index (χ4v) is 2.37. The summed E-state index contributed by atoms with van der Waals surface area (Å²) in [6, 6.07) is 5.92. The van der Waals surface area contributed by atoms with Crippen molar-refractivity contribution in [1.82, 2.24) is 10.3 Å². The number of benzene rings is 1. The molecule has 3 nitrogen and oxygen atoms in total. The zero-order valence-electron chi connectivity index (χ0n) is 11.2. The molecule has 1 aromatic heterocycles. The Bertz CT molecular complexity index is 524. The number of fused-ring (bicyclic) bond motifs is 1. The minimum absolute atomic E-state index is 0.281. The second-order valence-corrected chi connectivity index (χ2v) is 5.55. The van der Waals surface area contributed by atoms with Gasteiger partial charge < -0.3 is 15.4 Å². The SMILES string of the molecule is CC(CO)CCCNCc1c[nH]c2cc(Cl)ccc12. The summed E-state index contributed by atoms with van der Waals surface area (Å²) < 4.78 is 0. The predicted molar refractivity (Wildman–Crippen MR) is 80.5 cm³/mol. The summed E-state index contributed by atoms with van der Waals surface area (Å²) in [5.41, 5.74) is 2.35. The van der Waals surface area contributed by atoms with Gasteiger partial charge in [0, 0.05) is 35.3 Å². The summed E-state index contributed by atoms with van der Waals surface area (Å²) in [5.74, 6) is 0.400. The van der Waals surface area contributed by atoms with Crippen LogP contribution in [0.4, 0.5) is 0 Å². The van der Waals surface area contributed by atoms with Crippen molar-refractivity contribution >= 4 is 22.5 Å². The van der Waals surface area contributed by atoms with Crippen LogP contribution in [0.1, 0.15) is 25.3 Å². The molecule has 4 heteroatoms. The molecule has 1 heterocycles. The third-order valence-corrected chi connectivity index (χ3v) is 3.64. The Morgan fingerprint density at radius 2 is 2.26 bits per heavy atom. The summed E-state index contributed by atoms with van der Waals surface area (Å²) in [6.07, 6.45) is 4.19. The first-order valence-electron chi connectivity index (χ1n) is 6.78. The molecule has 0 spiro atoms. The molecule has 2 aromatic rings. The van der Waals surface area contributed by atoms with Crippen molar-refractivity contribution in [3.63, 3.8) is 0 Å². The summed E-state index contributed by atoms with van der Waals surface area (Å²) >= 11 is 5.96.